The molecule has 2 aromatic rings. The van der Waals surface area contributed by atoms with Gasteiger partial charge in [0.05, 0.1) is 11.6 Å². The van der Waals surface area contributed by atoms with E-state index in [1.807, 2.05) is 25.1 Å². The fraction of sp³-hybridized carbons (Fsp3) is 0.294. The lowest BCUT2D eigenvalue weighted by Crippen LogP contribution is -2.39. The second-order valence-corrected chi connectivity index (χ2v) is 7.25. The summed E-state index contributed by atoms with van der Waals surface area (Å²) in [5, 5.41) is 5.02. The van der Waals surface area contributed by atoms with E-state index in [1.165, 1.54) is 16.2 Å². The molecule has 0 saturated heterocycles. The van der Waals surface area contributed by atoms with Crippen molar-refractivity contribution in [3.63, 3.8) is 0 Å². The summed E-state index contributed by atoms with van der Waals surface area (Å²) in [7, 11) is 1.90. The summed E-state index contributed by atoms with van der Waals surface area (Å²) in [4.78, 5) is 26.9. The van der Waals surface area contributed by atoms with Gasteiger partial charge in [-0.3, -0.25) is 14.5 Å². The Morgan fingerprint density at radius 2 is 1.96 bits per heavy atom. The lowest BCUT2D eigenvalue weighted by molar-refractivity contribution is -0.120. The van der Waals surface area contributed by atoms with E-state index in [0.717, 1.165) is 5.56 Å². The molecule has 0 bridgehead atoms. The Bertz CT molecular complexity index is 713. The summed E-state index contributed by atoms with van der Waals surface area (Å²) in [6, 6.07) is 9.55. The molecule has 0 aliphatic carbocycles. The largest absolute Gasteiger partial charge is 0.366 e. The normalized spacial score (nSPS) is 12.2. The molecule has 128 valence electrons. The van der Waals surface area contributed by atoms with Crippen molar-refractivity contribution in [3.8, 4) is 0 Å². The molecule has 2 amide bonds. The van der Waals surface area contributed by atoms with Crippen LogP contribution >= 0.6 is 23.1 Å². The molecule has 1 aromatic carbocycles. The number of rotatable bonds is 7. The number of thioether (sulfide) groups is 1. The molecule has 0 saturated carbocycles. The van der Waals surface area contributed by atoms with Crippen molar-refractivity contribution in [2.24, 2.45) is 5.73 Å². The standard InChI is InChI=1S/C17H21N3O2S2/c1-11(16(22)19-17-14(15(18)21)8-9-24-17)20(2)10-12-4-6-13(23-3)7-5-12/h4-9,11H,10H2,1-3H3,(H2,18,21)(H,19,22)/t11-/m0/s1. The Morgan fingerprint density at radius 1 is 1.29 bits per heavy atom. The highest BCUT2D eigenvalue weighted by molar-refractivity contribution is 7.98. The fourth-order valence-corrected chi connectivity index (χ4v) is 3.38. The Hall–Kier alpha value is -1.83. The van der Waals surface area contributed by atoms with Crippen LogP contribution in [0.15, 0.2) is 40.6 Å². The highest BCUT2D eigenvalue weighted by Gasteiger charge is 2.20. The first-order valence-corrected chi connectivity index (χ1v) is 9.54. The van der Waals surface area contributed by atoms with Gasteiger partial charge in [0, 0.05) is 11.4 Å². The molecular formula is C17H21N3O2S2. The lowest BCUT2D eigenvalue weighted by Gasteiger charge is -2.24. The van der Waals surface area contributed by atoms with Gasteiger partial charge in [-0.25, -0.2) is 0 Å². The highest BCUT2D eigenvalue weighted by Crippen LogP contribution is 2.23. The number of nitrogens with zero attached hydrogens (tertiary/aromatic N) is 1. The van der Waals surface area contributed by atoms with Crippen molar-refractivity contribution in [1.82, 2.24) is 4.90 Å². The minimum Gasteiger partial charge on any atom is -0.366 e. The first-order chi connectivity index (χ1) is 11.4. The number of likely N-dealkylation sites (N-methyl/N-ethyl adjacent to an activating group) is 1. The third kappa shape index (κ3) is 4.59. The molecule has 7 heteroatoms. The van der Waals surface area contributed by atoms with E-state index >= 15 is 0 Å². The number of hydrogen-bond donors (Lipinski definition) is 2. The number of anilines is 1. The fourth-order valence-electron chi connectivity index (χ4n) is 2.17. The Balaban J connectivity index is 1.98. The van der Waals surface area contributed by atoms with Crippen LogP contribution in [0, 0.1) is 0 Å². The van der Waals surface area contributed by atoms with Gasteiger partial charge in [0.15, 0.2) is 0 Å². The van der Waals surface area contributed by atoms with Crippen molar-refractivity contribution >= 4 is 39.9 Å². The van der Waals surface area contributed by atoms with Gasteiger partial charge in [-0.05, 0) is 49.4 Å². The smallest absolute Gasteiger partial charge is 0.251 e. The topological polar surface area (TPSA) is 75.4 Å². The summed E-state index contributed by atoms with van der Waals surface area (Å²) in [5.74, 6) is -0.704. The maximum atomic E-state index is 12.4. The molecule has 24 heavy (non-hydrogen) atoms. The van der Waals surface area contributed by atoms with Crippen LogP contribution in [0.4, 0.5) is 5.00 Å². The average Bonchev–Trinajstić information content (AvgIpc) is 3.03. The van der Waals surface area contributed by atoms with Crippen LogP contribution in [0.2, 0.25) is 0 Å². The third-order valence-electron chi connectivity index (χ3n) is 3.80. The predicted octanol–water partition coefficient (Wildman–Crippen LogP) is 3.03. The summed E-state index contributed by atoms with van der Waals surface area (Å²) >= 11 is 2.99. The zero-order chi connectivity index (χ0) is 17.7. The van der Waals surface area contributed by atoms with Crippen LogP contribution in [0.5, 0.6) is 0 Å². The number of nitrogens with two attached hydrogens (primary N) is 1. The average molecular weight is 364 g/mol. The van der Waals surface area contributed by atoms with Crippen LogP contribution in [0.1, 0.15) is 22.8 Å². The van der Waals surface area contributed by atoms with Crippen molar-refractivity contribution < 1.29 is 9.59 Å². The first-order valence-electron chi connectivity index (χ1n) is 7.43. The molecule has 0 spiro atoms. The zero-order valence-electron chi connectivity index (χ0n) is 13.9. The molecule has 2 rings (SSSR count). The maximum Gasteiger partial charge on any atom is 0.251 e. The number of thiophene rings is 1. The van der Waals surface area contributed by atoms with Gasteiger partial charge in [0.1, 0.15) is 5.00 Å². The monoisotopic (exact) mass is 363 g/mol. The number of primary amides is 1. The molecule has 0 unspecified atom stereocenters. The third-order valence-corrected chi connectivity index (χ3v) is 5.37. The Labute approximate surface area is 150 Å². The molecule has 1 atom stereocenters. The van der Waals surface area contributed by atoms with E-state index in [1.54, 1.807) is 23.2 Å². The maximum absolute atomic E-state index is 12.4. The minimum atomic E-state index is -0.540. The van der Waals surface area contributed by atoms with Crippen molar-refractivity contribution in [3.05, 3.63) is 46.8 Å². The number of hydrogen-bond acceptors (Lipinski definition) is 5. The molecule has 0 fully saturated rings. The van der Waals surface area contributed by atoms with Crippen molar-refractivity contribution in [2.45, 2.75) is 24.4 Å². The van der Waals surface area contributed by atoms with Gasteiger partial charge in [0.25, 0.3) is 5.91 Å². The van der Waals surface area contributed by atoms with Crippen LogP contribution in [-0.2, 0) is 11.3 Å². The summed E-state index contributed by atoms with van der Waals surface area (Å²) in [5.41, 5.74) is 6.79. The van der Waals surface area contributed by atoms with Gasteiger partial charge in [-0.15, -0.1) is 23.1 Å². The lowest BCUT2D eigenvalue weighted by atomic mass is 10.2. The number of nitrogens with one attached hydrogen (secondary N) is 1. The summed E-state index contributed by atoms with van der Waals surface area (Å²) in [6.45, 7) is 2.50. The van der Waals surface area contributed by atoms with Gasteiger partial charge >= 0.3 is 0 Å². The van der Waals surface area contributed by atoms with Crippen LogP contribution in [0.3, 0.4) is 0 Å². The van der Waals surface area contributed by atoms with Crippen molar-refractivity contribution in [1.29, 1.82) is 0 Å². The highest BCUT2D eigenvalue weighted by atomic mass is 32.2. The molecule has 3 N–H and O–H groups in total. The number of carbonyl (C=O) groups is 2. The van der Waals surface area contributed by atoms with E-state index < -0.39 is 5.91 Å². The molecule has 0 radical (unpaired) electrons. The molecular weight excluding hydrogens is 342 g/mol. The van der Waals surface area contributed by atoms with E-state index in [2.05, 4.69) is 29.6 Å². The number of amides is 2. The molecule has 1 aromatic heterocycles. The van der Waals surface area contributed by atoms with E-state index in [4.69, 9.17) is 5.73 Å². The van der Waals surface area contributed by atoms with E-state index in [0.29, 0.717) is 17.1 Å². The van der Waals surface area contributed by atoms with Crippen LogP contribution in [-0.4, -0.2) is 36.1 Å². The number of benzene rings is 1. The predicted molar refractivity (Wildman–Crippen MR) is 101 cm³/mol. The molecule has 0 aliphatic heterocycles. The second-order valence-electron chi connectivity index (χ2n) is 5.46. The van der Waals surface area contributed by atoms with Gasteiger partial charge in [-0.2, -0.15) is 0 Å². The van der Waals surface area contributed by atoms with E-state index in [9.17, 15) is 9.59 Å². The molecule has 5 nitrogen and oxygen atoms in total. The van der Waals surface area contributed by atoms with E-state index in [-0.39, 0.29) is 11.9 Å². The minimum absolute atomic E-state index is 0.164. The first kappa shape index (κ1) is 18.5. The van der Waals surface area contributed by atoms with Crippen molar-refractivity contribution in [2.75, 3.05) is 18.6 Å². The Morgan fingerprint density at radius 3 is 2.54 bits per heavy atom. The van der Waals surface area contributed by atoms with Crippen LogP contribution < -0.4 is 11.1 Å². The SMILES string of the molecule is CSc1ccc(CN(C)[C@@H](C)C(=O)Nc2sccc2C(N)=O)cc1. The Kier molecular flexibility index (Phi) is 6.42. The summed E-state index contributed by atoms with van der Waals surface area (Å²) in [6.07, 6.45) is 2.04. The van der Waals surface area contributed by atoms with Crippen LogP contribution in [0.25, 0.3) is 0 Å². The van der Waals surface area contributed by atoms with Gasteiger partial charge < -0.3 is 11.1 Å². The molecule has 1 heterocycles. The zero-order valence-corrected chi connectivity index (χ0v) is 15.5. The second kappa shape index (κ2) is 8.32. The van der Waals surface area contributed by atoms with Gasteiger partial charge in [0.2, 0.25) is 5.91 Å². The van der Waals surface area contributed by atoms with Gasteiger partial charge in [-0.1, -0.05) is 12.1 Å². The summed E-state index contributed by atoms with van der Waals surface area (Å²) < 4.78 is 0. The number of carbonyl (C=O) groups excluding carboxylic acids is 2. The quantitative estimate of drug-likeness (QED) is 0.742. The molecule has 0 aliphatic rings.